The summed E-state index contributed by atoms with van der Waals surface area (Å²) in [5, 5.41) is 8.44. The molecule has 1 fully saturated rings. The number of hydrogen-bond donors (Lipinski definition) is 1. The van der Waals surface area contributed by atoms with Gasteiger partial charge in [-0.25, -0.2) is 4.79 Å². The second-order valence-corrected chi connectivity index (χ2v) is 2.66. The molecular formula is C6H12BaO4. The Bertz CT molecular complexity index is 165. The molecule has 0 aromatic heterocycles. The van der Waals surface area contributed by atoms with Crippen LogP contribution < -0.4 is 0 Å². The quantitative estimate of drug-likeness (QED) is 0.693. The Kier molecular flexibility index (Phi) is 4.64. The van der Waals surface area contributed by atoms with Gasteiger partial charge in [0.1, 0.15) is 0 Å². The smallest absolute Gasteiger partial charge is 1.00 e. The average molecular weight is 285 g/mol. The molecule has 1 N–H and O–H groups in total. The van der Waals surface area contributed by atoms with Crippen molar-refractivity contribution in [3.8, 4) is 0 Å². The molecule has 0 aromatic carbocycles. The van der Waals surface area contributed by atoms with Crippen molar-refractivity contribution in [2.45, 2.75) is 25.7 Å². The third-order valence-electron chi connectivity index (χ3n) is 1.28. The maximum absolute atomic E-state index is 10.3. The second kappa shape index (κ2) is 4.27. The third kappa shape index (κ3) is 3.46. The summed E-state index contributed by atoms with van der Waals surface area (Å²) in [7, 11) is 0. The van der Waals surface area contributed by atoms with Gasteiger partial charge in [0.15, 0.2) is 11.9 Å². The third-order valence-corrected chi connectivity index (χ3v) is 1.28. The van der Waals surface area contributed by atoms with Gasteiger partial charge in [-0.05, 0) is 13.8 Å². The molecule has 62 valence electrons. The summed E-state index contributed by atoms with van der Waals surface area (Å²) in [5.41, 5.74) is 0. The zero-order valence-electron chi connectivity index (χ0n) is 8.66. The molecule has 1 aliphatic heterocycles. The number of carboxylic acid groups (broad SMARTS) is 1. The fourth-order valence-corrected chi connectivity index (χ4v) is 0.809. The predicted octanol–water partition coefficient (Wildman–Crippen LogP) is 0.0667. The SMILES string of the molecule is CC1(C)OCC(C(=O)O)O1.[Ba+2].[H-].[H-]. The molecule has 1 aliphatic rings. The molecule has 0 aromatic rings. The van der Waals surface area contributed by atoms with Crippen LogP contribution in [0.3, 0.4) is 0 Å². The molecular weight excluding hydrogens is 273 g/mol. The summed E-state index contributed by atoms with van der Waals surface area (Å²) in [6.07, 6.45) is -0.796. The minimum absolute atomic E-state index is 0. The van der Waals surface area contributed by atoms with Crippen LogP contribution in [-0.2, 0) is 14.3 Å². The maximum atomic E-state index is 10.3. The Labute approximate surface area is 108 Å². The van der Waals surface area contributed by atoms with Gasteiger partial charge in [-0.1, -0.05) is 0 Å². The van der Waals surface area contributed by atoms with Crippen molar-refractivity contribution < 1.29 is 22.2 Å². The van der Waals surface area contributed by atoms with E-state index in [9.17, 15) is 4.79 Å². The topological polar surface area (TPSA) is 55.8 Å². The van der Waals surface area contributed by atoms with E-state index in [1.165, 1.54) is 0 Å². The van der Waals surface area contributed by atoms with Gasteiger partial charge in [0.25, 0.3) is 0 Å². The first-order valence-corrected chi connectivity index (χ1v) is 3.06. The number of carboxylic acids is 1. The van der Waals surface area contributed by atoms with Crippen molar-refractivity contribution >= 4 is 54.9 Å². The van der Waals surface area contributed by atoms with Crippen LogP contribution in [0.1, 0.15) is 16.7 Å². The Morgan fingerprint density at radius 2 is 2.27 bits per heavy atom. The van der Waals surface area contributed by atoms with Gasteiger partial charge in [0.05, 0.1) is 6.61 Å². The van der Waals surface area contributed by atoms with Gasteiger partial charge >= 0.3 is 54.9 Å². The molecule has 1 saturated heterocycles. The van der Waals surface area contributed by atoms with Crippen LogP contribution in [0.4, 0.5) is 0 Å². The van der Waals surface area contributed by atoms with Crippen molar-refractivity contribution in [1.29, 1.82) is 0 Å². The monoisotopic (exact) mass is 286 g/mol. The maximum Gasteiger partial charge on any atom is 2.00 e. The fraction of sp³-hybridized carbons (Fsp3) is 0.833. The summed E-state index contributed by atoms with van der Waals surface area (Å²) >= 11 is 0. The number of carbonyl (C=O) groups is 1. The van der Waals surface area contributed by atoms with E-state index in [1.54, 1.807) is 13.8 Å². The van der Waals surface area contributed by atoms with Crippen molar-refractivity contribution in [2.24, 2.45) is 0 Å². The molecule has 11 heavy (non-hydrogen) atoms. The molecule has 0 amide bonds. The minimum Gasteiger partial charge on any atom is -1.00 e. The molecule has 0 saturated carbocycles. The number of rotatable bonds is 1. The van der Waals surface area contributed by atoms with E-state index in [2.05, 4.69) is 0 Å². The zero-order chi connectivity index (χ0) is 7.78. The fourth-order valence-electron chi connectivity index (χ4n) is 0.809. The Balaban J connectivity index is -0.000000333. The van der Waals surface area contributed by atoms with Crippen LogP contribution in [0.5, 0.6) is 0 Å². The zero-order valence-corrected chi connectivity index (χ0v) is 11.1. The number of ether oxygens (including phenoxy) is 2. The van der Waals surface area contributed by atoms with Gasteiger partial charge in [0.2, 0.25) is 0 Å². The molecule has 0 aliphatic carbocycles. The molecule has 1 heterocycles. The molecule has 4 nitrogen and oxygen atoms in total. The van der Waals surface area contributed by atoms with Crippen molar-refractivity contribution in [3.05, 3.63) is 0 Å². The molecule has 0 radical (unpaired) electrons. The van der Waals surface area contributed by atoms with E-state index in [-0.39, 0.29) is 58.3 Å². The van der Waals surface area contributed by atoms with Crippen molar-refractivity contribution in [3.63, 3.8) is 0 Å². The van der Waals surface area contributed by atoms with E-state index in [0.29, 0.717) is 0 Å². The standard InChI is InChI=1S/C6H10O4.Ba.2H/c1-6(2)9-3-4(10-6)5(7)8;;;/h4H,3H2,1-2H3,(H,7,8);;;/q;+2;2*-1. The molecule has 0 spiro atoms. The summed E-state index contributed by atoms with van der Waals surface area (Å²) in [4.78, 5) is 10.3. The summed E-state index contributed by atoms with van der Waals surface area (Å²) < 4.78 is 10.00. The Morgan fingerprint density at radius 1 is 1.73 bits per heavy atom. The Morgan fingerprint density at radius 3 is 2.45 bits per heavy atom. The van der Waals surface area contributed by atoms with Crippen molar-refractivity contribution in [2.75, 3.05) is 6.61 Å². The van der Waals surface area contributed by atoms with E-state index < -0.39 is 17.9 Å². The van der Waals surface area contributed by atoms with Crippen molar-refractivity contribution in [1.82, 2.24) is 0 Å². The molecule has 5 heteroatoms. The normalized spacial score (nSPS) is 27.6. The van der Waals surface area contributed by atoms with E-state index in [0.717, 1.165) is 0 Å². The first-order chi connectivity index (χ1) is 4.51. The summed E-state index contributed by atoms with van der Waals surface area (Å²) in [6, 6.07) is 0. The van der Waals surface area contributed by atoms with Gasteiger partial charge in [-0.15, -0.1) is 0 Å². The Hall–Kier alpha value is 0.961. The van der Waals surface area contributed by atoms with Gasteiger partial charge in [0, 0.05) is 0 Å². The van der Waals surface area contributed by atoms with Gasteiger partial charge < -0.3 is 17.4 Å². The minimum atomic E-state index is -0.967. The van der Waals surface area contributed by atoms with Crippen LogP contribution >= 0.6 is 0 Å². The van der Waals surface area contributed by atoms with Crippen LogP contribution in [0, 0.1) is 0 Å². The number of aliphatic carboxylic acids is 1. The van der Waals surface area contributed by atoms with E-state index in [1.807, 2.05) is 0 Å². The largest absolute Gasteiger partial charge is 2.00 e. The predicted molar refractivity (Wildman–Crippen MR) is 40.5 cm³/mol. The first kappa shape index (κ1) is 12.0. The first-order valence-electron chi connectivity index (χ1n) is 3.06. The molecule has 1 rings (SSSR count). The second-order valence-electron chi connectivity index (χ2n) is 2.66. The number of hydrogen-bond acceptors (Lipinski definition) is 3. The van der Waals surface area contributed by atoms with Gasteiger partial charge in [-0.2, -0.15) is 0 Å². The van der Waals surface area contributed by atoms with Crippen LogP contribution in [-0.4, -0.2) is 78.5 Å². The molecule has 1 atom stereocenters. The van der Waals surface area contributed by atoms with Crippen LogP contribution in [0.25, 0.3) is 0 Å². The molecule has 1 unspecified atom stereocenters. The van der Waals surface area contributed by atoms with Crippen LogP contribution in [0.2, 0.25) is 0 Å². The average Bonchev–Trinajstić information content (AvgIpc) is 2.10. The van der Waals surface area contributed by atoms with Crippen LogP contribution in [0.15, 0.2) is 0 Å². The summed E-state index contributed by atoms with van der Waals surface area (Å²) in [5.74, 6) is -1.70. The van der Waals surface area contributed by atoms with Gasteiger partial charge in [-0.3, -0.25) is 0 Å². The summed E-state index contributed by atoms with van der Waals surface area (Å²) in [6.45, 7) is 3.52. The molecule has 0 bridgehead atoms. The van der Waals surface area contributed by atoms with E-state index in [4.69, 9.17) is 14.6 Å². The van der Waals surface area contributed by atoms with E-state index >= 15 is 0 Å².